The molecule has 3 N–H and O–H groups in total. The van der Waals surface area contributed by atoms with Crippen LogP contribution < -0.4 is 11.1 Å². The van der Waals surface area contributed by atoms with Crippen LogP contribution in [0.1, 0.15) is 73.1 Å². The summed E-state index contributed by atoms with van der Waals surface area (Å²) in [7, 11) is 0. The summed E-state index contributed by atoms with van der Waals surface area (Å²) in [6.07, 6.45) is 17.9. The zero-order chi connectivity index (χ0) is 20.8. The lowest BCUT2D eigenvalue weighted by molar-refractivity contribution is 0.195. The Morgan fingerprint density at radius 2 is 1.93 bits per heavy atom. The average molecular weight is 388 g/mol. The van der Waals surface area contributed by atoms with Crippen molar-refractivity contribution < 1.29 is 0 Å². The van der Waals surface area contributed by atoms with Crippen molar-refractivity contribution in [2.24, 2.45) is 17.6 Å². The van der Waals surface area contributed by atoms with E-state index in [0.29, 0.717) is 5.92 Å². The molecule has 3 heteroatoms. The van der Waals surface area contributed by atoms with Crippen LogP contribution in [0.5, 0.6) is 0 Å². The van der Waals surface area contributed by atoms with Crippen LogP contribution in [0.4, 0.5) is 0 Å². The standard InChI is InChI=1S/C25H45N3/c1-6-9-21(4)11-12-24(17-22(5)18-26)20-28-15-13-23(14-16-28)19-27-25(8-3)10-7-2/h6,9-10,12,18,21,23,27H,7-8,11,13-17,19-20,26H2,1-5H3/b9-6-,22-18+,24-12+,25-10?. The van der Waals surface area contributed by atoms with Crippen molar-refractivity contribution >= 4 is 0 Å². The van der Waals surface area contributed by atoms with Gasteiger partial charge in [0.25, 0.3) is 0 Å². The molecule has 28 heavy (non-hydrogen) atoms. The minimum Gasteiger partial charge on any atom is -0.405 e. The van der Waals surface area contributed by atoms with Crippen LogP contribution in [0.3, 0.4) is 0 Å². The summed E-state index contributed by atoms with van der Waals surface area (Å²) in [5.74, 6) is 1.40. The van der Waals surface area contributed by atoms with E-state index in [1.807, 2.05) is 0 Å². The molecule has 0 saturated carbocycles. The van der Waals surface area contributed by atoms with Gasteiger partial charge < -0.3 is 11.1 Å². The molecule has 0 amide bonds. The lowest BCUT2D eigenvalue weighted by Crippen LogP contribution is -2.38. The van der Waals surface area contributed by atoms with Gasteiger partial charge in [-0.2, -0.15) is 0 Å². The summed E-state index contributed by atoms with van der Waals surface area (Å²) in [4.78, 5) is 2.63. The Bertz CT molecular complexity index is 534. The molecule has 1 heterocycles. The minimum absolute atomic E-state index is 0.600. The number of hydrogen-bond donors (Lipinski definition) is 2. The molecule has 1 aliphatic heterocycles. The quantitative estimate of drug-likeness (QED) is 0.417. The summed E-state index contributed by atoms with van der Waals surface area (Å²) in [6.45, 7) is 15.6. The number of likely N-dealkylation sites (tertiary alicyclic amines) is 1. The number of allylic oxidation sites excluding steroid dienone is 6. The highest BCUT2D eigenvalue weighted by Crippen LogP contribution is 2.21. The molecule has 0 radical (unpaired) electrons. The van der Waals surface area contributed by atoms with Crippen molar-refractivity contribution in [3.63, 3.8) is 0 Å². The first-order valence-corrected chi connectivity index (χ1v) is 11.4. The van der Waals surface area contributed by atoms with E-state index < -0.39 is 0 Å². The lowest BCUT2D eigenvalue weighted by Gasteiger charge is -2.33. The van der Waals surface area contributed by atoms with Crippen LogP contribution in [0.25, 0.3) is 0 Å². The minimum atomic E-state index is 0.600. The van der Waals surface area contributed by atoms with Crippen LogP contribution in [-0.2, 0) is 0 Å². The van der Waals surface area contributed by atoms with E-state index in [-0.39, 0.29) is 0 Å². The molecule has 1 unspecified atom stereocenters. The molecule has 1 atom stereocenters. The van der Waals surface area contributed by atoms with Crippen molar-refractivity contribution in [2.45, 2.75) is 73.1 Å². The van der Waals surface area contributed by atoms with Gasteiger partial charge in [-0.05, 0) is 83.5 Å². The maximum absolute atomic E-state index is 5.74. The van der Waals surface area contributed by atoms with Gasteiger partial charge in [0.05, 0.1) is 0 Å². The predicted molar refractivity (Wildman–Crippen MR) is 125 cm³/mol. The maximum atomic E-state index is 5.74. The number of nitrogens with zero attached hydrogens (tertiary/aromatic N) is 1. The van der Waals surface area contributed by atoms with E-state index in [2.05, 4.69) is 69.1 Å². The monoisotopic (exact) mass is 387 g/mol. The van der Waals surface area contributed by atoms with Gasteiger partial charge in [0, 0.05) is 18.8 Å². The van der Waals surface area contributed by atoms with Gasteiger partial charge >= 0.3 is 0 Å². The Kier molecular flexibility index (Phi) is 12.7. The maximum Gasteiger partial charge on any atom is 0.0196 e. The highest BCUT2D eigenvalue weighted by atomic mass is 15.1. The van der Waals surface area contributed by atoms with E-state index in [9.17, 15) is 0 Å². The molecule has 1 rings (SSSR count). The zero-order valence-electron chi connectivity index (χ0n) is 19.1. The molecule has 160 valence electrons. The number of nitrogens with two attached hydrogens (primary N) is 1. The second-order valence-corrected chi connectivity index (χ2v) is 8.38. The van der Waals surface area contributed by atoms with Gasteiger partial charge in [-0.25, -0.2) is 0 Å². The molecular formula is C25H45N3. The highest BCUT2D eigenvalue weighted by molar-refractivity contribution is 5.15. The van der Waals surface area contributed by atoms with E-state index in [4.69, 9.17) is 5.73 Å². The summed E-state index contributed by atoms with van der Waals surface area (Å²) in [6, 6.07) is 0. The smallest absolute Gasteiger partial charge is 0.0196 e. The fourth-order valence-corrected chi connectivity index (χ4v) is 3.87. The van der Waals surface area contributed by atoms with E-state index in [1.54, 1.807) is 6.20 Å². The first-order chi connectivity index (χ1) is 13.5. The van der Waals surface area contributed by atoms with E-state index in [1.165, 1.54) is 42.8 Å². The van der Waals surface area contributed by atoms with Gasteiger partial charge in [-0.1, -0.05) is 56.2 Å². The topological polar surface area (TPSA) is 41.3 Å². The Labute approximate surface area is 174 Å². The molecule has 1 fully saturated rings. The highest BCUT2D eigenvalue weighted by Gasteiger charge is 2.20. The first kappa shape index (κ1) is 24.6. The Hall–Kier alpha value is -1.48. The summed E-state index contributed by atoms with van der Waals surface area (Å²) in [5, 5.41) is 3.68. The van der Waals surface area contributed by atoms with Gasteiger partial charge in [-0.3, -0.25) is 4.90 Å². The van der Waals surface area contributed by atoms with Gasteiger partial charge in [0.2, 0.25) is 0 Å². The van der Waals surface area contributed by atoms with Crippen LogP contribution in [-0.4, -0.2) is 31.1 Å². The van der Waals surface area contributed by atoms with E-state index in [0.717, 1.165) is 44.7 Å². The number of piperidine rings is 1. The molecule has 0 aromatic carbocycles. The third-order valence-corrected chi connectivity index (χ3v) is 5.67. The Morgan fingerprint density at radius 3 is 2.50 bits per heavy atom. The van der Waals surface area contributed by atoms with Crippen LogP contribution in [0.15, 0.2) is 47.3 Å². The molecule has 3 nitrogen and oxygen atoms in total. The van der Waals surface area contributed by atoms with Gasteiger partial charge in [0.1, 0.15) is 0 Å². The third kappa shape index (κ3) is 10.2. The van der Waals surface area contributed by atoms with Crippen molar-refractivity contribution in [1.82, 2.24) is 10.2 Å². The van der Waals surface area contributed by atoms with Crippen molar-refractivity contribution in [3.05, 3.63) is 47.3 Å². The normalized spacial score (nSPS) is 19.4. The van der Waals surface area contributed by atoms with Crippen LogP contribution in [0.2, 0.25) is 0 Å². The summed E-state index contributed by atoms with van der Waals surface area (Å²) >= 11 is 0. The van der Waals surface area contributed by atoms with Crippen LogP contribution >= 0.6 is 0 Å². The molecule has 0 aromatic rings. The van der Waals surface area contributed by atoms with Crippen molar-refractivity contribution in [2.75, 3.05) is 26.2 Å². The molecule has 1 saturated heterocycles. The third-order valence-electron chi connectivity index (χ3n) is 5.67. The zero-order valence-corrected chi connectivity index (χ0v) is 19.1. The lowest BCUT2D eigenvalue weighted by atomic mass is 9.95. The fraction of sp³-hybridized carbons (Fsp3) is 0.680. The molecule has 0 aliphatic carbocycles. The number of hydrogen-bond acceptors (Lipinski definition) is 3. The van der Waals surface area contributed by atoms with Crippen molar-refractivity contribution in [3.8, 4) is 0 Å². The van der Waals surface area contributed by atoms with E-state index >= 15 is 0 Å². The molecular weight excluding hydrogens is 342 g/mol. The Morgan fingerprint density at radius 1 is 1.21 bits per heavy atom. The number of nitrogens with one attached hydrogen (secondary N) is 1. The molecule has 0 spiro atoms. The predicted octanol–water partition coefficient (Wildman–Crippen LogP) is 5.77. The molecule has 1 aliphatic rings. The Balaban J connectivity index is 2.53. The SMILES string of the molecule is C/C=C\C(C)C/C=C(\C/C(C)=C/N)CN1CCC(CNC(=CCC)CC)CC1. The first-order valence-electron chi connectivity index (χ1n) is 11.4. The largest absolute Gasteiger partial charge is 0.405 e. The van der Waals surface area contributed by atoms with Gasteiger partial charge in [-0.15, -0.1) is 0 Å². The van der Waals surface area contributed by atoms with Crippen LogP contribution in [0, 0.1) is 11.8 Å². The second-order valence-electron chi connectivity index (χ2n) is 8.38. The summed E-state index contributed by atoms with van der Waals surface area (Å²) in [5.41, 5.74) is 9.93. The molecule has 0 bridgehead atoms. The number of rotatable bonds is 12. The average Bonchev–Trinajstić information content (AvgIpc) is 2.70. The fourth-order valence-electron chi connectivity index (χ4n) is 3.87. The van der Waals surface area contributed by atoms with Crippen molar-refractivity contribution in [1.29, 1.82) is 0 Å². The van der Waals surface area contributed by atoms with Gasteiger partial charge in [0.15, 0.2) is 0 Å². The summed E-state index contributed by atoms with van der Waals surface area (Å²) < 4.78 is 0. The second kappa shape index (κ2) is 14.5. The molecule has 0 aromatic heterocycles.